The number of carbonyl (C=O) groups is 1. The molecule has 252 valence electrons. The van der Waals surface area contributed by atoms with E-state index in [1.807, 2.05) is 24.3 Å². The van der Waals surface area contributed by atoms with Crippen molar-refractivity contribution in [3.05, 3.63) is 34.9 Å². The second kappa shape index (κ2) is 14.0. The van der Waals surface area contributed by atoms with Crippen LogP contribution < -0.4 is 16.0 Å². The number of benzene rings is 1. The first-order valence-electron chi connectivity index (χ1n) is 17.0. The number of amides is 1. The lowest BCUT2D eigenvalue weighted by Crippen LogP contribution is -2.63. The molecule has 4 aliphatic heterocycles. The Hall–Kier alpha value is -1.31. The Kier molecular flexibility index (Phi) is 10.5. The van der Waals surface area contributed by atoms with Gasteiger partial charge in [0, 0.05) is 48.8 Å². The van der Waals surface area contributed by atoms with E-state index in [1.165, 1.54) is 0 Å². The fourth-order valence-electron chi connectivity index (χ4n) is 8.73. The predicted molar refractivity (Wildman–Crippen MR) is 173 cm³/mol. The smallest absolute Gasteiger partial charge is 0.238 e. The average Bonchev–Trinajstić information content (AvgIpc) is 3.79. The number of sulfonamides is 1. The van der Waals surface area contributed by atoms with Gasteiger partial charge in [-0.25, -0.2) is 8.42 Å². The molecule has 11 atom stereocenters. The summed E-state index contributed by atoms with van der Waals surface area (Å²) in [4.78, 5) is 14.6. The van der Waals surface area contributed by atoms with E-state index in [-0.39, 0.29) is 48.2 Å². The quantitative estimate of drug-likeness (QED) is 0.324. The molecule has 4 unspecified atom stereocenters. The second-order valence-electron chi connectivity index (χ2n) is 14.1. The van der Waals surface area contributed by atoms with Crippen molar-refractivity contribution in [2.24, 2.45) is 5.92 Å². The lowest BCUT2D eigenvalue weighted by Gasteiger charge is -2.48. The van der Waals surface area contributed by atoms with E-state index in [2.05, 4.69) is 29.8 Å². The molecule has 1 aromatic carbocycles. The van der Waals surface area contributed by atoms with E-state index in [0.29, 0.717) is 43.3 Å². The van der Waals surface area contributed by atoms with Crippen LogP contribution in [0.5, 0.6) is 0 Å². The van der Waals surface area contributed by atoms with Gasteiger partial charge < -0.3 is 24.8 Å². The number of hydrogen-bond acceptors (Lipinski definition) is 8. The number of hydrogen-bond donors (Lipinski definition) is 3. The maximum Gasteiger partial charge on any atom is 0.238 e. The van der Waals surface area contributed by atoms with Gasteiger partial charge in [0.1, 0.15) is 0 Å². The van der Waals surface area contributed by atoms with Crippen molar-refractivity contribution in [3.63, 3.8) is 0 Å². The van der Waals surface area contributed by atoms with Crippen LogP contribution in [-0.4, -0.2) is 93.5 Å². The summed E-state index contributed by atoms with van der Waals surface area (Å²) in [5.41, 5.74) is 0.504. The Balaban J connectivity index is 1.22. The number of piperazine rings is 1. The normalized spacial score (nSPS) is 40.2. The molecule has 0 spiro atoms. The predicted octanol–water partition coefficient (Wildman–Crippen LogP) is 3.67. The minimum Gasteiger partial charge on any atom is -0.375 e. The van der Waals surface area contributed by atoms with Crippen molar-refractivity contribution in [2.45, 2.75) is 132 Å². The summed E-state index contributed by atoms with van der Waals surface area (Å²) >= 11 is 6.31. The Morgan fingerprint density at radius 1 is 1.09 bits per heavy atom. The molecule has 0 aromatic heterocycles. The van der Waals surface area contributed by atoms with Gasteiger partial charge in [0.2, 0.25) is 15.9 Å². The summed E-state index contributed by atoms with van der Waals surface area (Å²) < 4.78 is 45.3. The highest BCUT2D eigenvalue weighted by Crippen LogP contribution is 2.44. The van der Waals surface area contributed by atoms with Crippen LogP contribution in [0.2, 0.25) is 5.02 Å². The van der Waals surface area contributed by atoms with Crippen LogP contribution in [0, 0.1) is 5.92 Å². The van der Waals surface area contributed by atoms with E-state index >= 15 is 0 Å². The van der Waals surface area contributed by atoms with E-state index in [0.717, 1.165) is 50.5 Å². The Morgan fingerprint density at radius 3 is 2.53 bits per heavy atom. The summed E-state index contributed by atoms with van der Waals surface area (Å²) in [5, 5.41) is 11.3. The highest BCUT2D eigenvalue weighted by molar-refractivity contribution is 7.89. The van der Waals surface area contributed by atoms with Gasteiger partial charge in [-0.3, -0.25) is 10.1 Å². The third-order valence-corrected chi connectivity index (χ3v) is 13.1. The summed E-state index contributed by atoms with van der Waals surface area (Å²) in [6, 6.07) is 7.54. The minimum absolute atomic E-state index is 0.0240. The zero-order valence-electron chi connectivity index (χ0n) is 26.9. The van der Waals surface area contributed by atoms with Gasteiger partial charge in [-0.2, -0.15) is 4.31 Å². The largest absolute Gasteiger partial charge is 0.375 e. The number of nitrogens with zero attached hydrogens (tertiary/aromatic N) is 1. The fourth-order valence-corrected chi connectivity index (χ4v) is 10.7. The molecule has 4 saturated heterocycles. The summed E-state index contributed by atoms with van der Waals surface area (Å²) in [6.07, 6.45) is 7.93. The Bertz CT molecular complexity index is 1270. The molecule has 12 heteroatoms. The highest BCUT2D eigenvalue weighted by atomic mass is 35.5. The van der Waals surface area contributed by atoms with Gasteiger partial charge in [0.25, 0.3) is 0 Å². The standard InChI is InChI=1S/C33H51ClN4O6S/c1-21-17-33(18-22(2)43-21,24-11-13-25(34)14-12-24)29(37-31-32(42-3)44-31)30(39)36-28-9-5-4-7-23(28)10-15-27-19-35-26-8-6-16-45(40,41)38(27)20-26/h11-14,21-23,26-29,31-32,35,37H,4-10,15-20H2,1-3H3,(H,36,39)/t21-,22+,23-,26-,27+,28+,29-,31?,32?,33?/m1/s1. The summed E-state index contributed by atoms with van der Waals surface area (Å²) in [5.74, 6) is 0.495. The molecule has 10 nitrogen and oxygen atoms in total. The van der Waals surface area contributed by atoms with Crippen molar-refractivity contribution in [1.29, 1.82) is 0 Å². The molecular formula is C33H51ClN4O6S. The van der Waals surface area contributed by atoms with Crippen LogP contribution in [-0.2, 0) is 34.4 Å². The number of rotatable bonds is 10. The highest BCUT2D eigenvalue weighted by Gasteiger charge is 2.53. The van der Waals surface area contributed by atoms with Gasteiger partial charge in [0.05, 0.1) is 24.0 Å². The van der Waals surface area contributed by atoms with Crippen LogP contribution in [0.1, 0.15) is 83.6 Å². The molecule has 6 rings (SSSR count). The van der Waals surface area contributed by atoms with E-state index in [4.69, 9.17) is 25.8 Å². The third-order valence-electron chi connectivity index (χ3n) is 10.9. The molecule has 2 bridgehead atoms. The SMILES string of the molecule is COC1OC1N[C@H](C(=O)N[C@H]1CCCC[C@@H]1CC[C@H]1CN[C@@H]2CCCS(=O)(=O)N1C2)C1(c2ccc(Cl)cc2)C[C@@H](C)O[C@@H](C)C1. The minimum atomic E-state index is -3.23. The monoisotopic (exact) mass is 666 g/mol. The molecule has 1 aromatic rings. The first-order chi connectivity index (χ1) is 21.6. The number of methoxy groups -OCH3 is 1. The van der Waals surface area contributed by atoms with Crippen molar-refractivity contribution in [2.75, 3.05) is 26.0 Å². The van der Waals surface area contributed by atoms with Crippen LogP contribution in [0.4, 0.5) is 0 Å². The van der Waals surface area contributed by atoms with Crippen molar-refractivity contribution in [3.8, 4) is 0 Å². The third kappa shape index (κ3) is 7.56. The lowest BCUT2D eigenvalue weighted by atomic mass is 9.65. The van der Waals surface area contributed by atoms with E-state index in [1.54, 1.807) is 11.4 Å². The van der Waals surface area contributed by atoms with Gasteiger partial charge in [-0.1, -0.05) is 36.6 Å². The van der Waals surface area contributed by atoms with Crippen LogP contribution in [0.15, 0.2) is 24.3 Å². The maximum atomic E-state index is 14.6. The van der Waals surface area contributed by atoms with Gasteiger partial charge in [-0.05, 0) is 88.8 Å². The van der Waals surface area contributed by atoms with Gasteiger partial charge >= 0.3 is 0 Å². The van der Waals surface area contributed by atoms with Gasteiger partial charge in [-0.15, -0.1) is 0 Å². The maximum absolute atomic E-state index is 14.6. The van der Waals surface area contributed by atoms with E-state index < -0.39 is 27.8 Å². The topological polar surface area (TPSA) is 122 Å². The first-order valence-corrected chi connectivity index (χ1v) is 19.0. The molecule has 1 aliphatic carbocycles. The average molecular weight is 667 g/mol. The second-order valence-corrected chi connectivity index (χ2v) is 16.6. The number of nitrogens with one attached hydrogen (secondary N) is 3. The Labute approximate surface area is 273 Å². The zero-order chi connectivity index (χ0) is 31.8. The molecule has 1 amide bonds. The number of halogens is 1. The fraction of sp³-hybridized carbons (Fsp3) is 0.788. The number of epoxide rings is 1. The van der Waals surface area contributed by atoms with Crippen LogP contribution in [0.3, 0.4) is 0 Å². The van der Waals surface area contributed by atoms with Crippen molar-refractivity contribution in [1.82, 2.24) is 20.3 Å². The molecule has 0 radical (unpaired) electrons. The molecule has 4 heterocycles. The summed E-state index contributed by atoms with van der Waals surface area (Å²) in [6.45, 7) is 5.42. The molecule has 5 fully saturated rings. The Morgan fingerprint density at radius 2 is 1.82 bits per heavy atom. The number of fused-ring (bicyclic) bond motifs is 2. The van der Waals surface area contributed by atoms with Crippen molar-refractivity contribution >= 4 is 27.5 Å². The molecule has 5 aliphatic rings. The first kappa shape index (κ1) is 33.6. The van der Waals surface area contributed by atoms with Crippen LogP contribution in [0.25, 0.3) is 0 Å². The number of ether oxygens (including phenoxy) is 3. The number of carbonyl (C=O) groups excluding carboxylic acids is 1. The molecule has 3 N–H and O–H groups in total. The molecule has 1 saturated carbocycles. The van der Waals surface area contributed by atoms with E-state index in [9.17, 15) is 13.2 Å². The van der Waals surface area contributed by atoms with Crippen molar-refractivity contribution < 1.29 is 27.4 Å². The zero-order valence-corrected chi connectivity index (χ0v) is 28.5. The molecule has 45 heavy (non-hydrogen) atoms. The van der Waals surface area contributed by atoms with Gasteiger partial charge in [0.15, 0.2) is 12.5 Å². The lowest BCUT2D eigenvalue weighted by molar-refractivity contribution is -0.131. The molecular weight excluding hydrogens is 616 g/mol. The van der Waals surface area contributed by atoms with Crippen LogP contribution >= 0.6 is 11.6 Å². The summed E-state index contributed by atoms with van der Waals surface area (Å²) in [7, 11) is -1.62.